The average Bonchev–Trinajstić information content (AvgIpc) is 3.18. The zero-order chi connectivity index (χ0) is 28.3. The quantitative estimate of drug-likeness (QED) is 0.369. The third kappa shape index (κ3) is 5.10. The van der Waals surface area contributed by atoms with Crippen molar-refractivity contribution in [2.45, 2.75) is 26.0 Å². The molecule has 0 saturated carbocycles. The zero-order valence-electron chi connectivity index (χ0n) is 21.7. The summed E-state index contributed by atoms with van der Waals surface area (Å²) in [7, 11) is 1.23. The number of hydrogen-bond acceptors (Lipinski definition) is 9. The molecule has 2 aliphatic rings. The summed E-state index contributed by atoms with van der Waals surface area (Å²) in [6.45, 7) is 3.23. The minimum atomic E-state index is -1.45. The number of nitrogens with zero attached hydrogens (tertiary/aromatic N) is 2. The third-order valence-electron chi connectivity index (χ3n) is 6.55. The molecule has 0 spiro atoms. The first kappa shape index (κ1) is 28.2. The lowest BCUT2D eigenvalue weighted by atomic mass is 9.75. The molecule has 4 rings (SSSR count). The number of nitrogens with two attached hydrogens (primary N) is 1. The van der Waals surface area contributed by atoms with Crippen molar-refractivity contribution >= 4 is 41.1 Å². The second kappa shape index (κ2) is 11.9. The van der Waals surface area contributed by atoms with Crippen molar-refractivity contribution in [3.8, 4) is 0 Å². The van der Waals surface area contributed by atoms with E-state index in [9.17, 15) is 19.2 Å². The van der Waals surface area contributed by atoms with Gasteiger partial charge in [0.25, 0.3) is 11.8 Å². The van der Waals surface area contributed by atoms with Crippen LogP contribution in [0.25, 0.3) is 0 Å². The molecule has 0 radical (unpaired) electrons. The van der Waals surface area contributed by atoms with Crippen molar-refractivity contribution in [1.82, 2.24) is 4.90 Å². The van der Waals surface area contributed by atoms with Crippen molar-refractivity contribution in [1.29, 1.82) is 0 Å². The molecule has 3 unspecified atom stereocenters. The summed E-state index contributed by atoms with van der Waals surface area (Å²) in [5, 5.41) is 0.285. The second-order valence-corrected chi connectivity index (χ2v) is 9.22. The van der Waals surface area contributed by atoms with Crippen LogP contribution >= 0.6 is 11.6 Å². The first-order chi connectivity index (χ1) is 18.8. The smallest absolute Gasteiger partial charge is 0.336 e. The maximum Gasteiger partial charge on any atom is 0.336 e. The van der Waals surface area contributed by atoms with Crippen LogP contribution in [-0.4, -0.2) is 67.5 Å². The molecule has 0 saturated heterocycles. The van der Waals surface area contributed by atoms with Crippen LogP contribution in [0.3, 0.4) is 0 Å². The maximum atomic E-state index is 13.6. The van der Waals surface area contributed by atoms with Gasteiger partial charge in [0.15, 0.2) is 6.23 Å². The average molecular weight is 554 g/mol. The Bertz CT molecular complexity index is 1350. The number of rotatable bonds is 9. The molecule has 2 aromatic rings. The number of esters is 2. The van der Waals surface area contributed by atoms with Gasteiger partial charge in [-0.25, -0.2) is 9.69 Å². The van der Waals surface area contributed by atoms with Crippen molar-refractivity contribution in [3.63, 3.8) is 0 Å². The van der Waals surface area contributed by atoms with E-state index in [0.717, 1.165) is 4.90 Å². The van der Waals surface area contributed by atoms with Crippen LogP contribution in [0.2, 0.25) is 5.02 Å². The van der Waals surface area contributed by atoms with E-state index >= 15 is 0 Å². The predicted molar refractivity (Wildman–Crippen MR) is 142 cm³/mol. The highest BCUT2D eigenvalue weighted by Crippen LogP contribution is 2.44. The molecule has 0 bridgehead atoms. The highest BCUT2D eigenvalue weighted by atomic mass is 35.5. The number of benzene rings is 2. The molecule has 0 aliphatic carbocycles. The number of hydrogen-bond donors (Lipinski definition) is 1. The summed E-state index contributed by atoms with van der Waals surface area (Å²) >= 11 is 6.58. The predicted octanol–water partition coefficient (Wildman–Crippen LogP) is 3.10. The summed E-state index contributed by atoms with van der Waals surface area (Å²) in [5.41, 5.74) is 6.66. The van der Waals surface area contributed by atoms with Crippen LogP contribution in [0, 0.1) is 5.92 Å². The monoisotopic (exact) mass is 553 g/mol. The molecular formula is C28H28ClN3O7. The number of halogens is 1. The van der Waals surface area contributed by atoms with E-state index in [2.05, 4.69) is 4.99 Å². The lowest BCUT2D eigenvalue weighted by Crippen LogP contribution is -2.46. The van der Waals surface area contributed by atoms with Gasteiger partial charge in [-0.2, -0.15) is 0 Å². The van der Waals surface area contributed by atoms with Gasteiger partial charge in [-0.15, -0.1) is 0 Å². The van der Waals surface area contributed by atoms with Crippen LogP contribution in [0.1, 0.15) is 46.0 Å². The molecular weight excluding hydrogens is 526 g/mol. The van der Waals surface area contributed by atoms with Crippen LogP contribution in [-0.2, 0) is 23.8 Å². The SMILES string of the molecule is CCOC(=O)C1=C(C(OCCN)N2C(=O)c3ccccc3C2=O)N=C(C)C(C(=O)OC)C1c1ccccc1Cl. The Labute approximate surface area is 230 Å². The number of ether oxygens (including phenoxy) is 3. The Kier molecular flexibility index (Phi) is 8.59. The fourth-order valence-electron chi connectivity index (χ4n) is 4.89. The van der Waals surface area contributed by atoms with E-state index in [-0.39, 0.29) is 52.9 Å². The van der Waals surface area contributed by atoms with Crippen LogP contribution < -0.4 is 5.73 Å². The van der Waals surface area contributed by atoms with Crippen molar-refractivity contribution in [3.05, 3.63) is 81.5 Å². The number of methoxy groups -OCH3 is 1. The van der Waals surface area contributed by atoms with Crippen LogP contribution in [0.5, 0.6) is 0 Å². The largest absolute Gasteiger partial charge is 0.468 e. The molecule has 3 atom stereocenters. The van der Waals surface area contributed by atoms with E-state index in [1.165, 1.54) is 19.2 Å². The lowest BCUT2D eigenvalue weighted by Gasteiger charge is -2.36. The maximum absolute atomic E-state index is 13.6. The van der Waals surface area contributed by atoms with Gasteiger partial charge >= 0.3 is 11.9 Å². The zero-order valence-corrected chi connectivity index (χ0v) is 22.4. The molecule has 0 fully saturated rings. The van der Waals surface area contributed by atoms with Gasteiger partial charge in [0, 0.05) is 23.2 Å². The van der Waals surface area contributed by atoms with Gasteiger partial charge in [-0.3, -0.25) is 19.4 Å². The summed E-state index contributed by atoms with van der Waals surface area (Å²) in [5.74, 6) is -4.76. The van der Waals surface area contributed by atoms with Gasteiger partial charge in [0.2, 0.25) is 0 Å². The first-order valence-corrected chi connectivity index (χ1v) is 12.7. The first-order valence-electron chi connectivity index (χ1n) is 12.3. The van der Waals surface area contributed by atoms with Crippen molar-refractivity contribution in [2.75, 3.05) is 26.9 Å². The lowest BCUT2D eigenvalue weighted by molar-refractivity contribution is -0.144. The summed E-state index contributed by atoms with van der Waals surface area (Å²) in [6.07, 6.45) is -1.45. The Morgan fingerprint density at radius 3 is 2.26 bits per heavy atom. The summed E-state index contributed by atoms with van der Waals surface area (Å²) in [4.78, 5) is 59.1. The normalized spacial score (nSPS) is 19.5. The number of carbonyl (C=O) groups excluding carboxylic acids is 4. The molecule has 11 heteroatoms. The molecule has 2 aliphatic heterocycles. The highest BCUT2D eigenvalue weighted by Gasteiger charge is 2.49. The van der Waals surface area contributed by atoms with Gasteiger partial charge in [0.1, 0.15) is 11.6 Å². The Hall–Kier alpha value is -3.86. The van der Waals surface area contributed by atoms with Crippen LogP contribution in [0.15, 0.2) is 64.8 Å². The van der Waals surface area contributed by atoms with Gasteiger partial charge in [-0.1, -0.05) is 41.9 Å². The van der Waals surface area contributed by atoms with Gasteiger partial charge in [-0.05, 0) is 37.6 Å². The molecule has 10 nitrogen and oxygen atoms in total. The Morgan fingerprint density at radius 1 is 1.08 bits per heavy atom. The number of amides is 2. The molecule has 2 aromatic carbocycles. The Balaban J connectivity index is 2.00. The molecule has 39 heavy (non-hydrogen) atoms. The molecule has 204 valence electrons. The van der Waals surface area contributed by atoms with E-state index in [4.69, 9.17) is 31.5 Å². The third-order valence-corrected chi connectivity index (χ3v) is 6.89. The van der Waals surface area contributed by atoms with E-state index in [1.54, 1.807) is 50.2 Å². The number of imide groups is 1. The number of fused-ring (bicyclic) bond motifs is 1. The number of aliphatic imine (C=N–C) groups is 1. The minimum absolute atomic E-state index is 0.0117. The summed E-state index contributed by atoms with van der Waals surface area (Å²) < 4.78 is 16.4. The Morgan fingerprint density at radius 2 is 1.69 bits per heavy atom. The molecule has 2 amide bonds. The standard InChI is InChI=1S/C28H28ClN3O7/c1-4-38-28(36)22-21(18-11-7-8-12-19(18)29)20(27(35)37-3)15(2)31-23(22)26(39-14-13-30)32-24(33)16-9-5-6-10-17(16)25(32)34/h5-12,20-21,26H,4,13-14,30H2,1-3H3. The molecule has 0 aromatic heterocycles. The molecule has 2 heterocycles. The minimum Gasteiger partial charge on any atom is -0.468 e. The van der Waals surface area contributed by atoms with E-state index in [0.29, 0.717) is 5.56 Å². The van der Waals surface area contributed by atoms with Crippen molar-refractivity contribution < 1.29 is 33.4 Å². The topological polar surface area (TPSA) is 138 Å². The fourth-order valence-corrected chi connectivity index (χ4v) is 5.14. The molecule has 2 N–H and O–H groups in total. The van der Waals surface area contributed by atoms with Gasteiger partial charge < -0.3 is 19.9 Å². The number of carbonyl (C=O) groups is 4. The highest BCUT2D eigenvalue weighted by molar-refractivity contribution is 6.31. The van der Waals surface area contributed by atoms with Crippen molar-refractivity contribution in [2.24, 2.45) is 16.6 Å². The second-order valence-electron chi connectivity index (χ2n) is 8.81. The summed E-state index contributed by atoms with van der Waals surface area (Å²) in [6, 6.07) is 13.1. The van der Waals surface area contributed by atoms with E-state index < -0.39 is 41.8 Å². The van der Waals surface area contributed by atoms with Crippen LogP contribution in [0.4, 0.5) is 0 Å². The van der Waals surface area contributed by atoms with E-state index in [1.807, 2.05) is 0 Å². The fraction of sp³-hybridized carbons (Fsp3) is 0.321. The van der Waals surface area contributed by atoms with Gasteiger partial charge in [0.05, 0.1) is 37.0 Å².